The molecule has 0 bridgehead atoms. The summed E-state index contributed by atoms with van der Waals surface area (Å²) in [6.45, 7) is 3.40. The van der Waals surface area contributed by atoms with Crippen molar-refractivity contribution in [3.63, 3.8) is 0 Å². The second kappa shape index (κ2) is 2.63. The van der Waals surface area contributed by atoms with E-state index in [9.17, 15) is 9.18 Å². The molecule has 1 aliphatic rings. The van der Waals surface area contributed by atoms with Gasteiger partial charge in [-0.2, -0.15) is 0 Å². The number of carbonyl (C=O) groups is 1. The molecule has 0 spiro atoms. The van der Waals surface area contributed by atoms with Gasteiger partial charge in [-0.15, -0.1) is 0 Å². The van der Waals surface area contributed by atoms with Gasteiger partial charge in [0.1, 0.15) is 6.10 Å². The average molecular weight is 181 g/mol. The monoisotopic (exact) mass is 180 g/mol. The topological polar surface area (TPSA) is 26.3 Å². The van der Waals surface area contributed by atoms with E-state index in [1.165, 1.54) is 0 Å². The minimum atomic E-state index is -2.30. The minimum Gasteiger partial charge on any atom is -0.459 e. The maximum absolute atomic E-state index is 13.1. The first kappa shape index (κ1) is 8.78. The molecule has 0 radical (unpaired) electrons. The third kappa shape index (κ3) is 1.22. The molecule has 1 saturated heterocycles. The lowest BCUT2D eigenvalue weighted by molar-refractivity contribution is -0.146. The summed E-state index contributed by atoms with van der Waals surface area (Å²) in [4.78, 5) is 10.7. The van der Waals surface area contributed by atoms with Crippen molar-refractivity contribution in [3.8, 4) is 0 Å². The van der Waals surface area contributed by atoms with Crippen LogP contribution in [0.5, 0.6) is 0 Å². The summed E-state index contributed by atoms with van der Waals surface area (Å²) in [5.74, 6) is -1.50. The molecule has 1 rings (SSSR count). The first-order valence-corrected chi connectivity index (χ1v) is 3.96. The van der Waals surface area contributed by atoms with E-state index < -0.39 is 17.0 Å². The molecule has 4 heteroatoms. The summed E-state index contributed by atoms with van der Waals surface area (Å²) in [6, 6.07) is 0. The van der Waals surface area contributed by atoms with Gasteiger partial charge in [0.2, 0.25) is 0 Å². The van der Waals surface area contributed by atoms with Gasteiger partial charge in [0.05, 0.1) is 5.92 Å². The van der Waals surface area contributed by atoms with Crippen LogP contribution in [0.2, 0.25) is 0 Å². The van der Waals surface area contributed by atoms with Gasteiger partial charge in [-0.05, 0) is 6.42 Å². The van der Waals surface area contributed by atoms with E-state index >= 15 is 0 Å². The molecular weight excluding hydrogens is 171 g/mol. The van der Waals surface area contributed by atoms with Crippen LogP contribution in [-0.4, -0.2) is 17.2 Å². The predicted molar refractivity (Wildman–Crippen MR) is 39.0 cm³/mol. The van der Waals surface area contributed by atoms with E-state index in [4.69, 9.17) is 16.3 Å². The van der Waals surface area contributed by atoms with Gasteiger partial charge in [0.15, 0.2) is 0 Å². The summed E-state index contributed by atoms with van der Waals surface area (Å²) < 4.78 is 17.8. The van der Waals surface area contributed by atoms with Gasteiger partial charge < -0.3 is 4.74 Å². The Kier molecular flexibility index (Phi) is 2.10. The predicted octanol–water partition coefficient (Wildman–Crippen LogP) is 1.86. The fourth-order valence-corrected chi connectivity index (χ4v) is 1.36. The number of esters is 1. The molecule has 11 heavy (non-hydrogen) atoms. The zero-order valence-corrected chi connectivity index (χ0v) is 7.19. The van der Waals surface area contributed by atoms with Gasteiger partial charge in [0, 0.05) is 0 Å². The Labute approximate surface area is 69.7 Å². The van der Waals surface area contributed by atoms with E-state index in [0.29, 0.717) is 6.42 Å². The molecule has 0 aliphatic carbocycles. The number of hydrogen-bond donors (Lipinski definition) is 0. The van der Waals surface area contributed by atoms with Gasteiger partial charge >= 0.3 is 5.97 Å². The minimum absolute atomic E-state index is 0.370. The highest BCUT2D eigenvalue weighted by atomic mass is 35.5. The number of cyclic esters (lactones) is 1. The van der Waals surface area contributed by atoms with E-state index in [-0.39, 0.29) is 6.10 Å². The number of carbonyl (C=O) groups excluding carboxylic acids is 1. The number of ether oxygens (including phenoxy) is 1. The number of rotatable bonds is 1. The molecule has 64 valence electrons. The summed E-state index contributed by atoms with van der Waals surface area (Å²) in [6.07, 6.45) is 0.232. The summed E-state index contributed by atoms with van der Waals surface area (Å²) in [7, 11) is 0. The largest absolute Gasteiger partial charge is 0.459 e. The SMILES string of the molecule is CC[C@H]1OC(=O)C(F)(Cl)[C@H]1C. The molecule has 3 atom stereocenters. The molecular formula is C7H10ClFO2. The van der Waals surface area contributed by atoms with Gasteiger partial charge in [0.25, 0.3) is 5.13 Å². The molecule has 0 N–H and O–H groups in total. The molecule has 0 aromatic carbocycles. The highest BCUT2D eigenvalue weighted by molar-refractivity contribution is 6.33. The highest BCUT2D eigenvalue weighted by Gasteiger charge is 2.54. The summed E-state index contributed by atoms with van der Waals surface area (Å²) in [5, 5.41) is -2.30. The second-order valence-corrected chi connectivity index (χ2v) is 3.31. The second-order valence-electron chi connectivity index (χ2n) is 2.76. The standard InChI is InChI=1S/C7H10ClFO2/c1-3-5-4(2)7(8,9)6(10)11-5/h4-5H,3H2,1-2H3/t4-,5+,7?/m0/s1. The normalized spacial score (nSPS) is 44.2. The van der Waals surface area contributed by atoms with Crippen molar-refractivity contribution in [2.24, 2.45) is 5.92 Å². The summed E-state index contributed by atoms with van der Waals surface area (Å²) in [5.41, 5.74) is 0. The molecule has 0 aromatic heterocycles. The first-order valence-electron chi connectivity index (χ1n) is 3.59. The van der Waals surface area contributed by atoms with Crippen molar-refractivity contribution in [2.45, 2.75) is 31.5 Å². The maximum atomic E-state index is 13.1. The zero-order valence-electron chi connectivity index (χ0n) is 6.43. The molecule has 1 aliphatic heterocycles. The first-order chi connectivity index (χ1) is 5.00. The number of alkyl halides is 2. The highest BCUT2D eigenvalue weighted by Crippen LogP contribution is 2.39. The number of halogens is 2. The summed E-state index contributed by atoms with van der Waals surface area (Å²) >= 11 is 5.30. The van der Waals surface area contributed by atoms with Crippen LogP contribution in [0.15, 0.2) is 0 Å². The Bertz CT molecular complexity index is 181. The van der Waals surface area contributed by atoms with Crippen LogP contribution in [0.4, 0.5) is 4.39 Å². The fraction of sp³-hybridized carbons (Fsp3) is 0.857. The molecule has 2 nitrogen and oxygen atoms in total. The third-order valence-electron chi connectivity index (χ3n) is 2.06. The van der Waals surface area contributed by atoms with E-state index in [2.05, 4.69) is 0 Å². The Balaban J connectivity index is 2.80. The van der Waals surface area contributed by atoms with Crippen molar-refractivity contribution in [3.05, 3.63) is 0 Å². The van der Waals surface area contributed by atoms with E-state index in [1.807, 2.05) is 6.92 Å². The lowest BCUT2D eigenvalue weighted by Crippen LogP contribution is -2.28. The molecule has 0 saturated carbocycles. The Morgan fingerprint density at radius 2 is 2.36 bits per heavy atom. The smallest absolute Gasteiger partial charge is 0.360 e. The van der Waals surface area contributed by atoms with Gasteiger partial charge in [-0.25, -0.2) is 9.18 Å². The van der Waals surface area contributed by atoms with Crippen LogP contribution in [0.1, 0.15) is 20.3 Å². The lowest BCUT2D eigenvalue weighted by Gasteiger charge is -2.13. The zero-order chi connectivity index (χ0) is 8.65. The Morgan fingerprint density at radius 1 is 1.82 bits per heavy atom. The van der Waals surface area contributed by atoms with Crippen LogP contribution >= 0.6 is 11.6 Å². The van der Waals surface area contributed by atoms with Crippen molar-refractivity contribution in [1.29, 1.82) is 0 Å². The van der Waals surface area contributed by atoms with Gasteiger partial charge in [-0.3, -0.25) is 0 Å². The lowest BCUT2D eigenvalue weighted by atomic mass is 10.0. The molecule has 1 unspecified atom stereocenters. The molecule has 1 fully saturated rings. The van der Waals surface area contributed by atoms with Gasteiger partial charge in [-0.1, -0.05) is 25.4 Å². The van der Waals surface area contributed by atoms with Crippen molar-refractivity contribution >= 4 is 17.6 Å². The van der Waals surface area contributed by atoms with Crippen LogP contribution in [0, 0.1) is 5.92 Å². The van der Waals surface area contributed by atoms with Crippen LogP contribution in [0.25, 0.3) is 0 Å². The van der Waals surface area contributed by atoms with Crippen molar-refractivity contribution in [1.82, 2.24) is 0 Å². The average Bonchev–Trinajstić information content (AvgIpc) is 2.14. The molecule has 0 aromatic rings. The van der Waals surface area contributed by atoms with Crippen molar-refractivity contribution in [2.75, 3.05) is 0 Å². The Hall–Kier alpha value is -0.310. The van der Waals surface area contributed by atoms with Crippen LogP contribution < -0.4 is 0 Å². The van der Waals surface area contributed by atoms with Crippen molar-refractivity contribution < 1.29 is 13.9 Å². The quantitative estimate of drug-likeness (QED) is 0.455. The third-order valence-corrected chi connectivity index (χ3v) is 2.56. The van der Waals surface area contributed by atoms with Crippen LogP contribution in [0.3, 0.4) is 0 Å². The van der Waals surface area contributed by atoms with Crippen LogP contribution in [-0.2, 0) is 9.53 Å². The number of hydrogen-bond acceptors (Lipinski definition) is 2. The maximum Gasteiger partial charge on any atom is 0.360 e. The van der Waals surface area contributed by atoms with E-state index in [0.717, 1.165) is 0 Å². The van der Waals surface area contributed by atoms with E-state index in [1.54, 1.807) is 6.92 Å². The fourth-order valence-electron chi connectivity index (χ4n) is 1.17. The Morgan fingerprint density at radius 3 is 2.55 bits per heavy atom. The molecule has 0 amide bonds. The molecule has 1 heterocycles.